The number of nitrogens with one attached hydrogen (secondary N) is 1. The number of hydrogen-bond acceptors (Lipinski definition) is 3. The van der Waals surface area contributed by atoms with Crippen LogP contribution in [0.15, 0.2) is 4.99 Å². The molecular weight excluding hydrogens is 451 g/mol. The van der Waals surface area contributed by atoms with Crippen LogP contribution in [-0.2, 0) is 4.74 Å². The summed E-state index contributed by atoms with van der Waals surface area (Å²) in [4.78, 5) is 10.2. The van der Waals surface area contributed by atoms with Gasteiger partial charge in [0.2, 0.25) is 0 Å². The summed E-state index contributed by atoms with van der Waals surface area (Å²) in [6.07, 6.45) is 5.31. The number of piperidine rings is 2. The fourth-order valence-electron chi connectivity index (χ4n) is 4.18. The molecule has 0 aromatic heterocycles. The van der Waals surface area contributed by atoms with Crippen LogP contribution in [0.25, 0.3) is 0 Å². The molecule has 0 aliphatic carbocycles. The lowest BCUT2D eigenvalue weighted by atomic mass is 9.94. The molecule has 1 unspecified atom stereocenters. The third-order valence-corrected chi connectivity index (χ3v) is 5.96. The Bertz CT molecular complexity index is 416. The van der Waals surface area contributed by atoms with Crippen LogP contribution in [0.3, 0.4) is 0 Å². The van der Waals surface area contributed by atoms with Gasteiger partial charge in [-0.25, -0.2) is 0 Å². The van der Waals surface area contributed by atoms with Crippen molar-refractivity contribution in [1.82, 2.24) is 15.1 Å². The zero-order valence-corrected chi connectivity index (χ0v) is 20.6. The van der Waals surface area contributed by atoms with Gasteiger partial charge in [0.15, 0.2) is 5.96 Å². The Hall–Kier alpha value is -0.0800. The topological polar surface area (TPSA) is 40.1 Å². The summed E-state index contributed by atoms with van der Waals surface area (Å²) in [6, 6.07) is 0.553. The van der Waals surface area contributed by atoms with Gasteiger partial charge in [0, 0.05) is 32.3 Å². The Morgan fingerprint density at radius 3 is 2.22 bits per heavy atom. The smallest absolute Gasteiger partial charge is 0.193 e. The summed E-state index contributed by atoms with van der Waals surface area (Å²) in [5, 5.41) is 3.52. The molecular formula is C21H43IN4O. The van der Waals surface area contributed by atoms with Crippen LogP contribution < -0.4 is 5.32 Å². The Balaban J connectivity index is 0.00000364. The molecule has 0 radical (unpaired) electrons. The van der Waals surface area contributed by atoms with Crippen molar-refractivity contribution in [3.63, 3.8) is 0 Å². The predicted octanol–water partition coefficient (Wildman–Crippen LogP) is 3.83. The Labute approximate surface area is 184 Å². The van der Waals surface area contributed by atoms with Crippen molar-refractivity contribution in [2.24, 2.45) is 16.8 Å². The summed E-state index contributed by atoms with van der Waals surface area (Å²) in [7, 11) is 0. The van der Waals surface area contributed by atoms with Gasteiger partial charge in [0.05, 0.1) is 12.6 Å². The van der Waals surface area contributed by atoms with Crippen molar-refractivity contribution < 1.29 is 4.74 Å². The lowest BCUT2D eigenvalue weighted by Gasteiger charge is -2.39. The molecule has 27 heavy (non-hydrogen) atoms. The molecule has 0 spiro atoms. The second kappa shape index (κ2) is 13.2. The fourth-order valence-corrected chi connectivity index (χ4v) is 4.18. The molecule has 2 rings (SSSR count). The first-order chi connectivity index (χ1) is 12.5. The molecule has 0 aromatic carbocycles. The summed E-state index contributed by atoms with van der Waals surface area (Å²) in [5.74, 6) is 2.61. The van der Waals surface area contributed by atoms with E-state index < -0.39 is 0 Å². The Morgan fingerprint density at radius 2 is 1.70 bits per heavy atom. The second-order valence-corrected chi connectivity index (χ2v) is 8.37. The van der Waals surface area contributed by atoms with Gasteiger partial charge in [-0.05, 0) is 64.5 Å². The maximum atomic E-state index is 5.79. The summed E-state index contributed by atoms with van der Waals surface area (Å²) in [5.41, 5.74) is 0. The van der Waals surface area contributed by atoms with Crippen LogP contribution in [0.1, 0.15) is 60.3 Å². The van der Waals surface area contributed by atoms with Crippen molar-refractivity contribution in [3.8, 4) is 0 Å². The van der Waals surface area contributed by atoms with Crippen LogP contribution in [-0.4, -0.2) is 73.8 Å². The number of aliphatic imine (C=N–C) groups is 1. The molecule has 2 heterocycles. The van der Waals surface area contributed by atoms with E-state index in [1.807, 2.05) is 0 Å². The third-order valence-electron chi connectivity index (χ3n) is 5.96. The number of nitrogens with zero attached hydrogens (tertiary/aromatic N) is 3. The third kappa shape index (κ3) is 8.05. The standard InChI is InChI=1S/C21H42N4O.HI/c1-6-22-21(25-14-10-19(11-15-25)26-7-2)23-16-20(17(3)4)24-12-8-18(5)9-13-24;/h17-20H,6-16H2,1-5H3,(H,22,23);1H. The number of hydrogen-bond donors (Lipinski definition) is 1. The van der Waals surface area contributed by atoms with Crippen LogP contribution >= 0.6 is 24.0 Å². The van der Waals surface area contributed by atoms with Gasteiger partial charge in [0.1, 0.15) is 0 Å². The lowest BCUT2D eigenvalue weighted by molar-refractivity contribution is 0.0263. The monoisotopic (exact) mass is 494 g/mol. The van der Waals surface area contributed by atoms with E-state index in [9.17, 15) is 0 Å². The summed E-state index contributed by atoms with van der Waals surface area (Å²) >= 11 is 0. The summed E-state index contributed by atoms with van der Waals surface area (Å²) < 4.78 is 5.79. The maximum absolute atomic E-state index is 5.79. The second-order valence-electron chi connectivity index (χ2n) is 8.37. The van der Waals surface area contributed by atoms with Crippen LogP contribution in [0, 0.1) is 11.8 Å². The molecule has 2 aliphatic heterocycles. The quantitative estimate of drug-likeness (QED) is 0.332. The van der Waals surface area contributed by atoms with Crippen molar-refractivity contribution in [3.05, 3.63) is 0 Å². The van der Waals surface area contributed by atoms with Crippen LogP contribution in [0.5, 0.6) is 0 Å². The van der Waals surface area contributed by atoms with E-state index in [-0.39, 0.29) is 24.0 Å². The van der Waals surface area contributed by atoms with E-state index in [1.54, 1.807) is 0 Å². The first kappa shape index (κ1) is 25.0. The predicted molar refractivity (Wildman–Crippen MR) is 126 cm³/mol. The first-order valence-electron chi connectivity index (χ1n) is 10.9. The number of ether oxygens (including phenoxy) is 1. The van der Waals surface area contributed by atoms with Gasteiger partial charge in [0.25, 0.3) is 0 Å². The molecule has 0 bridgehead atoms. The molecule has 1 atom stereocenters. The Kier molecular flexibility index (Phi) is 12.2. The van der Waals surface area contributed by atoms with E-state index in [4.69, 9.17) is 9.73 Å². The van der Waals surface area contributed by atoms with Gasteiger partial charge in [-0.1, -0.05) is 20.8 Å². The molecule has 5 nitrogen and oxygen atoms in total. The molecule has 1 N–H and O–H groups in total. The first-order valence-corrected chi connectivity index (χ1v) is 10.9. The van der Waals surface area contributed by atoms with Crippen molar-refractivity contribution in [1.29, 1.82) is 0 Å². The van der Waals surface area contributed by atoms with Gasteiger partial charge in [-0.2, -0.15) is 0 Å². The van der Waals surface area contributed by atoms with E-state index in [2.05, 4.69) is 49.7 Å². The normalized spacial score (nSPS) is 22.0. The average molecular weight is 495 g/mol. The molecule has 6 heteroatoms. The minimum absolute atomic E-state index is 0. The van der Waals surface area contributed by atoms with Gasteiger partial charge in [-0.3, -0.25) is 9.89 Å². The van der Waals surface area contributed by atoms with Crippen molar-refractivity contribution in [2.45, 2.75) is 72.4 Å². The molecule has 2 saturated heterocycles. The maximum Gasteiger partial charge on any atom is 0.193 e. The van der Waals surface area contributed by atoms with Crippen molar-refractivity contribution in [2.75, 3.05) is 45.9 Å². The largest absolute Gasteiger partial charge is 0.378 e. The SMILES string of the molecule is CCNC(=NCC(C(C)C)N1CCC(C)CC1)N1CCC(OCC)CC1.I. The van der Waals surface area contributed by atoms with Crippen LogP contribution in [0.4, 0.5) is 0 Å². The summed E-state index contributed by atoms with van der Waals surface area (Å²) in [6.45, 7) is 18.5. The minimum atomic E-state index is 0. The Morgan fingerprint density at radius 1 is 1.07 bits per heavy atom. The highest BCUT2D eigenvalue weighted by atomic mass is 127. The zero-order chi connectivity index (χ0) is 18.9. The number of guanidine groups is 1. The molecule has 0 aromatic rings. The van der Waals surface area contributed by atoms with Crippen LogP contribution in [0.2, 0.25) is 0 Å². The highest BCUT2D eigenvalue weighted by Gasteiger charge is 2.26. The molecule has 0 amide bonds. The zero-order valence-electron chi connectivity index (χ0n) is 18.2. The number of likely N-dealkylation sites (tertiary alicyclic amines) is 2. The van der Waals surface area contributed by atoms with E-state index in [0.29, 0.717) is 18.1 Å². The van der Waals surface area contributed by atoms with E-state index in [1.165, 1.54) is 25.9 Å². The fraction of sp³-hybridized carbons (Fsp3) is 0.952. The van der Waals surface area contributed by atoms with Crippen molar-refractivity contribution >= 4 is 29.9 Å². The van der Waals surface area contributed by atoms with E-state index in [0.717, 1.165) is 57.5 Å². The highest BCUT2D eigenvalue weighted by Crippen LogP contribution is 2.22. The highest BCUT2D eigenvalue weighted by molar-refractivity contribution is 14.0. The number of halogens is 1. The average Bonchev–Trinajstić information content (AvgIpc) is 2.63. The molecule has 160 valence electrons. The molecule has 2 aliphatic rings. The van der Waals surface area contributed by atoms with E-state index >= 15 is 0 Å². The minimum Gasteiger partial charge on any atom is -0.378 e. The van der Waals surface area contributed by atoms with Gasteiger partial charge in [-0.15, -0.1) is 24.0 Å². The number of rotatable bonds is 7. The molecule has 2 fully saturated rings. The van der Waals surface area contributed by atoms with Gasteiger partial charge < -0.3 is 15.0 Å². The lowest BCUT2D eigenvalue weighted by Crippen LogP contribution is -2.49. The molecule has 0 saturated carbocycles. The van der Waals surface area contributed by atoms with Gasteiger partial charge >= 0.3 is 0 Å².